The Balaban J connectivity index is 0.00000420. The van der Waals surface area contributed by atoms with Crippen LogP contribution in [0.1, 0.15) is 31.7 Å². The van der Waals surface area contributed by atoms with Gasteiger partial charge in [-0.05, 0) is 63.9 Å². The van der Waals surface area contributed by atoms with Crippen molar-refractivity contribution in [2.45, 2.75) is 32.6 Å². The van der Waals surface area contributed by atoms with Crippen LogP contribution in [0.25, 0.3) is 0 Å². The first-order chi connectivity index (χ1) is 13.6. The van der Waals surface area contributed by atoms with Crippen LogP contribution >= 0.6 is 47.2 Å². The number of likely N-dealkylation sites (N-methyl/N-ethyl adjacent to an activating group) is 1. The molecule has 0 aliphatic carbocycles. The molecule has 2 N–H and O–H groups in total. The molecule has 0 unspecified atom stereocenters. The van der Waals surface area contributed by atoms with Gasteiger partial charge in [-0.15, -0.1) is 24.0 Å². The first kappa shape index (κ1) is 26.8. The molecule has 0 aromatic heterocycles. The van der Waals surface area contributed by atoms with E-state index in [0.717, 1.165) is 55.4 Å². The fraction of sp³-hybridized carbons (Fsp3) is 0.667. The molecule has 166 valence electrons. The Kier molecular flexibility index (Phi) is 14.3. The molecule has 5 nitrogen and oxygen atoms in total. The van der Waals surface area contributed by atoms with Crippen LogP contribution in [0.15, 0.2) is 23.2 Å². The van der Waals surface area contributed by atoms with Crippen molar-refractivity contribution in [3.8, 4) is 0 Å². The Morgan fingerprint density at radius 3 is 2.52 bits per heavy atom. The lowest BCUT2D eigenvalue weighted by molar-refractivity contribution is 0.152. The summed E-state index contributed by atoms with van der Waals surface area (Å²) in [6.45, 7) is 10.7. The number of hydrogen-bond acceptors (Lipinski definition) is 3. The highest BCUT2D eigenvalue weighted by Crippen LogP contribution is 2.21. The van der Waals surface area contributed by atoms with Gasteiger partial charge in [0, 0.05) is 55.9 Å². The minimum Gasteiger partial charge on any atom is -0.357 e. The van der Waals surface area contributed by atoms with Gasteiger partial charge >= 0.3 is 0 Å². The number of aliphatic imine (C=N–C) groups is 1. The molecule has 0 radical (unpaired) electrons. The minimum atomic E-state index is 0. The number of guanidine groups is 1. The summed E-state index contributed by atoms with van der Waals surface area (Å²) in [5.41, 5.74) is 1.13. The molecule has 1 aliphatic rings. The van der Waals surface area contributed by atoms with Gasteiger partial charge in [0.15, 0.2) is 5.96 Å². The Morgan fingerprint density at radius 2 is 1.83 bits per heavy atom. The van der Waals surface area contributed by atoms with Crippen LogP contribution in [-0.2, 0) is 6.42 Å². The number of hydrogen-bond donors (Lipinski definition) is 2. The average molecular weight is 556 g/mol. The summed E-state index contributed by atoms with van der Waals surface area (Å²) in [6, 6.07) is 5.69. The van der Waals surface area contributed by atoms with Crippen molar-refractivity contribution in [2.75, 3.05) is 59.4 Å². The largest absolute Gasteiger partial charge is 0.357 e. The lowest BCUT2D eigenvalue weighted by Gasteiger charge is -2.32. The smallest absolute Gasteiger partial charge is 0.191 e. The van der Waals surface area contributed by atoms with Crippen molar-refractivity contribution in [1.82, 2.24) is 20.4 Å². The summed E-state index contributed by atoms with van der Waals surface area (Å²) in [5.74, 6) is 0.907. The quantitative estimate of drug-likeness (QED) is 0.197. The molecule has 1 fully saturated rings. The van der Waals surface area contributed by atoms with E-state index in [9.17, 15) is 0 Å². The number of unbranched alkanes of at least 4 members (excludes halogenated alkanes) is 1. The van der Waals surface area contributed by atoms with E-state index in [-0.39, 0.29) is 24.0 Å². The fourth-order valence-corrected chi connectivity index (χ4v) is 3.77. The molecular weight excluding hydrogens is 520 g/mol. The molecule has 0 bridgehead atoms. The normalized spacial score (nSPS) is 15.8. The van der Waals surface area contributed by atoms with E-state index in [1.54, 1.807) is 6.07 Å². The Bertz CT molecular complexity index is 607. The second kappa shape index (κ2) is 15.5. The van der Waals surface area contributed by atoms with Gasteiger partial charge in [0.1, 0.15) is 0 Å². The maximum Gasteiger partial charge on any atom is 0.191 e. The van der Waals surface area contributed by atoms with Crippen molar-refractivity contribution >= 4 is 53.1 Å². The maximum atomic E-state index is 6.23. The van der Waals surface area contributed by atoms with E-state index in [1.165, 1.54) is 39.1 Å². The first-order valence-electron chi connectivity index (χ1n) is 10.5. The molecule has 1 aromatic carbocycles. The van der Waals surface area contributed by atoms with E-state index >= 15 is 0 Å². The second-order valence-electron chi connectivity index (χ2n) is 7.38. The van der Waals surface area contributed by atoms with Gasteiger partial charge in [-0.25, -0.2) is 0 Å². The first-order valence-corrected chi connectivity index (χ1v) is 11.2. The SMILES string of the molecule is CCNC(=NCCCc1ccc(Cl)cc1Cl)NCCCCN1CCN(C)CC1.I. The lowest BCUT2D eigenvalue weighted by Crippen LogP contribution is -2.44. The molecule has 1 aliphatic heterocycles. The standard InChI is InChI=1S/C21H35Cl2N5.HI/c1-3-24-21(25-10-4-5-12-28-15-13-27(2)14-16-28)26-11-6-7-18-8-9-19(22)17-20(18)23;/h8-9,17H,3-7,10-16H2,1-2H3,(H2,24,25,26);1H. The summed E-state index contributed by atoms with van der Waals surface area (Å²) in [5, 5.41) is 8.19. The summed E-state index contributed by atoms with van der Waals surface area (Å²) in [7, 11) is 2.20. The molecule has 29 heavy (non-hydrogen) atoms. The van der Waals surface area contributed by atoms with Crippen LogP contribution in [0.4, 0.5) is 0 Å². The van der Waals surface area contributed by atoms with E-state index in [0.29, 0.717) is 5.02 Å². The van der Waals surface area contributed by atoms with Crippen molar-refractivity contribution < 1.29 is 0 Å². The van der Waals surface area contributed by atoms with Gasteiger partial charge in [-0.1, -0.05) is 29.3 Å². The third-order valence-electron chi connectivity index (χ3n) is 5.02. The van der Waals surface area contributed by atoms with Gasteiger partial charge in [0.2, 0.25) is 0 Å². The van der Waals surface area contributed by atoms with E-state index in [4.69, 9.17) is 23.2 Å². The fourth-order valence-electron chi connectivity index (χ4n) is 3.27. The van der Waals surface area contributed by atoms with Crippen LogP contribution in [0.3, 0.4) is 0 Å². The molecule has 0 atom stereocenters. The Hall–Kier alpha value is -0.280. The van der Waals surface area contributed by atoms with Gasteiger partial charge in [-0.3, -0.25) is 4.99 Å². The topological polar surface area (TPSA) is 42.9 Å². The lowest BCUT2D eigenvalue weighted by atomic mass is 10.1. The number of aryl methyl sites for hydroxylation is 1. The highest BCUT2D eigenvalue weighted by atomic mass is 127. The van der Waals surface area contributed by atoms with Crippen LogP contribution in [-0.4, -0.2) is 75.2 Å². The number of halogens is 3. The highest BCUT2D eigenvalue weighted by molar-refractivity contribution is 14.0. The molecule has 2 rings (SSSR count). The average Bonchev–Trinajstić information content (AvgIpc) is 2.67. The molecule has 1 heterocycles. The predicted molar refractivity (Wildman–Crippen MR) is 137 cm³/mol. The summed E-state index contributed by atoms with van der Waals surface area (Å²) in [4.78, 5) is 9.65. The van der Waals surface area contributed by atoms with Crippen LogP contribution in [0.2, 0.25) is 10.0 Å². The number of nitrogens with zero attached hydrogens (tertiary/aromatic N) is 3. The molecule has 1 saturated heterocycles. The number of rotatable bonds is 10. The van der Waals surface area contributed by atoms with Gasteiger partial charge in [0.25, 0.3) is 0 Å². The van der Waals surface area contributed by atoms with Gasteiger partial charge < -0.3 is 20.4 Å². The predicted octanol–water partition coefficient (Wildman–Crippen LogP) is 4.13. The van der Waals surface area contributed by atoms with Crippen LogP contribution in [0, 0.1) is 0 Å². The summed E-state index contributed by atoms with van der Waals surface area (Å²) < 4.78 is 0. The molecule has 0 saturated carbocycles. The summed E-state index contributed by atoms with van der Waals surface area (Å²) >= 11 is 12.2. The van der Waals surface area contributed by atoms with Crippen molar-refractivity contribution in [3.63, 3.8) is 0 Å². The van der Waals surface area contributed by atoms with Crippen molar-refractivity contribution in [1.29, 1.82) is 0 Å². The van der Waals surface area contributed by atoms with E-state index in [1.807, 2.05) is 12.1 Å². The Morgan fingerprint density at radius 1 is 1.07 bits per heavy atom. The maximum absolute atomic E-state index is 6.23. The van der Waals surface area contributed by atoms with Crippen molar-refractivity contribution in [3.05, 3.63) is 33.8 Å². The van der Waals surface area contributed by atoms with Gasteiger partial charge in [0.05, 0.1) is 0 Å². The number of benzene rings is 1. The number of nitrogens with one attached hydrogen (secondary N) is 2. The third-order valence-corrected chi connectivity index (χ3v) is 5.61. The molecule has 1 aromatic rings. The van der Waals surface area contributed by atoms with Crippen molar-refractivity contribution in [2.24, 2.45) is 4.99 Å². The monoisotopic (exact) mass is 555 g/mol. The van der Waals surface area contributed by atoms with E-state index in [2.05, 4.69) is 39.4 Å². The molecule has 0 spiro atoms. The Labute approximate surface area is 203 Å². The minimum absolute atomic E-state index is 0. The zero-order valence-corrected chi connectivity index (χ0v) is 21.6. The highest BCUT2D eigenvalue weighted by Gasteiger charge is 2.12. The molecular formula is C21H36Cl2IN5. The van der Waals surface area contributed by atoms with E-state index < -0.39 is 0 Å². The zero-order valence-electron chi connectivity index (χ0n) is 17.7. The van der Waals surface area contributed by atoms with Crippen LogP contribution < -0.4 is 10.6 Å². The molecule has 0 amide bonds. The third kappa shape index (κ3) is 11.1. The number of piperazine rings is 1. The molecule has 8 heteroatoms. The van der Waals surface area contributed by atoms with Crippen LogP contribution in [0.5, 0.6) is 0 Å². The zero-order chi connectivity index (χ0) is 20.2. The summed E-state index contributed by atoms with van der Waals surface area (Å²) in [6.07, 6.45) is 4.26. The second-order valence-corrected chi connectivity index (χ2v) is 8.22. The van der Waals surface area contributed by atoms with Gasteiger partial charge in [-0.2, -0.15) is 0 Å².